The minimum absolute atomic E-state index is 0.00501. The Balaban J connectivity index is 1.15. The number of aliphatic hydroxyl groups excluding tert-OH is 4. The van der Waals surface area contributed by atoms with Crippen LogP contribution in [0.5, 0.6) is 0 Å². The first kappa shape index (κ1) is 34.6. The van der Waals surface area contributed by atoms with Crippen molar-refractivity contribution in [1.82, 2.24) is 0 Å². The summed E-state index contributed by atoms with van der Waals surface area (Å²) in [6, 6.07) is 0. The Morgan fingerprint density at radius 3 is 2.19 bits per heavy atom. The van der Waals surface area contributed by atoms with Crippen LogP contribution in [-0.2, 0) is 23.7 Å². The van der Waals surface area contributed by atoms with Gasteiger partial charge >= 0.3 is 5.97 Å². The van der Waals surface area contributed by atoms with E-state index in [0.29, 0.717) is 12.8 Å². The number of carbonyl (C=O) groups is 1. The zero-order chi connectivity index (χ0) is 34.3. The molecule has 0 amide bonds. The molecule has 5 N–H and O–H groups in total. The first-order valence-electron chi connectivity index (χ1n) is 18.2. The van der Waals surface area contributed by atoms with Crippen LogP contribution >= 0.6 is 0 Å². The average molecular weight is 665 g/mol. The molecule has 0 bridgehead atoms. The van der Waals surface area contributed by atoms with Crippen LogP contribution in [-0.4, -0.2) is 98.3 Å². The van der Waals surface area contributed by atoms with E-state index in [2.05, 4.69) is 34.6 Å². The van der Waals surface area contributed by atoms with E-state index in [1.807, 2.05) is 13.8 Å². The number of hydrogen-bond donors (Lipinski definition) is 5. The fourth-order valence-corrected chi connectivity index (χ4v) is 13.7. The van der Waals surface area contributed by atoms with E-state index in [-0.39, 0.29) is 58.2 Å². The van der Waals surface area contributed by atoms with E-state index in [4.69, 9.17) is 18.9 Å². The first-order chi connectivity index (χ1) is 21.7. The molecule has 2 aliphatic heterocycles. The lowest BCUT2D eigenvalue weighted by atomic mass is 9.41. The van der Waals surface area contributed by atoms with Crippen molar-refractivity contribution >= 4 is 5.97 Å². The molecule has 47 heavy (non-hydrogen) atoms. The standard InChI is InChI=1S/C37H60O10/c1-19(38)45-27-26(42)22(41)17-44-30(27)46-24-10-12-37-18-36(37)14-13-33(6)29(35(8)11-9-25(47-35)32(4,5)43)21(40)16-34(33,7)23(36)15-20(39)28(37)31(24,2)3/h20-30,39-43H,9-18H2,1-8H3. The van der Waals surface area contributed by atoms with Crippen LogP contribution in [0, 0.1) is 44.8 Å². The maximum absolute atomic E-state index is 12.2. The number of carbonyl (C=O) groups excluding carboxylic acids is 1. The summed E-state index contributed by atoms with van der Waals surface area (Å²) in [6.45, 7) is 16.0. The molecule has 0 aromatic heterocycles. The normalized spacial score (nSPS) is 56.6. The predicted octanol–water partition coefficient (Wildman–Crippen LogP) is 3.47. The summed E-state index contributed by atoms with van der Waals surface area (Å²) in [5.74, 6) is -0.368. The molecule has 7 fully saturated rings. The van der Waals surface area contributed by atoms with Crippen LogP contribution in [0.2, 0.25) is 0 Å². The predicted molar refractivity (Wildman–Crippen MR) is 171 cm³/mol. The minimum Gasteiger partial charge on any atom is -0.454 e. The monoisotopic (exact) mass is 664 g/mol. The smallest absolute Gasteiger partial charge is 0.303 e. The van der Waals surface area contributed by atoms with Gasteiger partial charge in [0.25, 0.3) is 0 Å². The average Bonchev–Trinajstić information content (AvgIpc) is 3.30. The molecule has 5 aliphatic carbocycles. The van der Waals surface area contributed by atoms with Crippen molar-refractivity contribution in [3.8, 4) is 0 Å². The van der Waals surface area contributed by atoms with E-state index < -0.39 is 59.4 Å². The SMILES string of the molecule is CC(=O)OC1C(OC2CCC34CC35CCC3(C)C(C6(C)CCC(C(C)(C)O)O6)C(O)CC3(C)C5CC(O)C4C2(C)C)OCC(O)C1O. The molecule has 10 nitrogen and oxygen atoms in total. The summed E-state index contributed by atoms with van der Waals surface area (Å²) in [7, 11) is 0. The summed E-state index contributed by atoms with van der Waals surface area (Å²) in [5.41, 5.74) is -2.18. The van der Waals surface area contributed by atoms with Gasteiger partial charge < -0.3 is 44.5 Å². The minimum atomic E-state index is -1.32. The Morgan fingerprint density at radius 1 is 0.851 bits per heavy atom. The summed E-state index contributed by atoms with van der Waals surface area (Å²) in [6.07, 6.45) is 1.48. The molecular weight excluding hydrogens is 604 g/mol. The molecule has 10 heteroatoms. The molecule has 2 heterocycles. The highest BCUT2D eigenvalue weighted by Gasteiger charge is 2.85. The van der Waals surface area contributed by atoms with Gasteiger partial charge in [-0.25, -0.2) is 0 Å². The fourth-order valence-electron chi connectivity index (χ4n) is 13.7. The van der Waals surface area contributed by atoms with Crippen molar-refractivity contribution in [2.24, 2.45) is 44.8 Å². The van der Waals surface area contributed by atoms with Gasteiger partial charge in [-0.1, -0.05) is 27.7 Å². The van der Waals surface area contributed by atoms with Gasteiger partial charge in [-0.2, -0.15) is 0 Å². The maximum Gasteiger partial charge on any atom is 0.303 e. The van der Waals surface area contributed by atoms with Crippen LogP contribution in [0.4, 0.5) is 0 Å². The van der Waals surface area contributed by atoms with Crippen molar-refractivity contribution < 1.29 is 49.3 Å². The molecule has 268 valence electrons. The molecule has 5 saturated carbocycles. The summed E-state index contributed by atoms with van der Waals surface area (Å²) >= 11 is 0. The third-order valence-corrected chi connectivity index (χ3v) is 15.8. The largest absolute Gasteiger partial charge is 0.454 e. The second kappa shape index (κ2) is 10.6. The van der Waals surface area contributed by atoms with Gasteiger partial charge in [0.2, 0.25) is 0 Å². The fraction of sp³-hybridized carbons (Fsp3) is 0.973. The quantitative estimate of drug-likeness (QED) is 0.218. The van der Waals surface area contributed by atoms with E-state index in [0.717, 1.165) is 44.9 Å². The Kier molecular flexibility index (Phi) is 7.80. The topological polar surface area (TPSA) is 155 Å². The zero-order valence-corrected chi connectivity index (χ0v) is 29.7. The third kappa shape index (κ3) is 4.60. The van der Waals surface area contributed by atoms with Gasteiger partial charge in [-0.05, 0) is 117 Å². The van der Waals surface area contributed by atoms with E-state index in [1.165, 1.54) is 6.92 Å². The molecular formula is C37H60O10. The van der Waals surface area contributed by atoms with Crippen molar-refractivity contribution in [3.63, 3.8) is 0 Å². The van der Waals surface area contributed by atoms with Crippen molar-refractivity contribution in [2.45, 2.75) is 173 Å². The van der Waals surface area contributed by atoms with Crippen LogP contribution in [0.3, 0.4) is 0 Å². The van der Waals surface area contributed by atoms with Crippen molar-refractivity contribution in [2.75, 3.05) is 6.61 Å². The summed E-state index contributed by atoms with van der Waals surface area (Å²) in [5, 5.41) is 55.8. The lowest BCUT2D eigenvalue weighted by molar-refractivity contribution is -0.309. The number of esters is 1. The van der Waals surface area contributed by atoms with Crippen LogP contribution in [0.25, 0.3) is 0 Å². The molecule has 7 rings (SSSR count). The Hall–Kier alpha value is -0.850. The van der Waals surface area contributed by atoms with Gasteiger partial charge in [0.15, 0.2) is 12.4 Å². The molecule has 2 saturated heterocycles. The number of aliphatic hydroxyl groups is 5. The van der Waals surface area contributed by atoms with Crippen molar-refractivity contribution in [1.29, 1.82) is 0 Å². The highest BCUT2D eigenvalue weighted by Crippen LogP contribution is 2.89. The summed E-state index contributed by atoms with van der Waals surface area (Å²) < 4.78 is 24.4. The van der Waals surface area contributed by atoms with Crippen LogP contribution in [0.15, 0.2) is 0 Å². The molecule has 16 unspecified atom stereocenters. The molecule has 7 aliphatic rings. The molecule has 0 aromatic rings. The van der Waals surface area contributed by atoms with Crippen LogP contribution < -0.4 is 0 Å². The third-order valence-electron chi connectivity index (χ3n) is 15.8. The molecule has 16 atom stereocenters. The van der Waals surface area contributed by atoms with Gasteiger partial charge in [-0.3, -0.25) is 4.79 Å². The van der Waals surface area contributed by atoms with E-state index >= 15 is 0 Å². The number of fused-ring (bicyclic) bond motifs is 2. The lowest BCUT2D eigenvalue weighted by Gasteiger charge is -2.64. The Labute approximate surface area is 279 Å². The lowest BCUT2D eigenvalue weighted by Crippen LogP contribution is -2.63. The van der Waals surface area contributed by atoms with Gasteiger partial charge in [0.05, 0.1) is 42.2 Å². The second-order valence-electron chi connectivity index (χ2n) is 18.8. The van der Waals surface area contributed by atoms with Gasteiger partial charge in [0, 0.05) is 12.8 Å². The van der Waals surface area contributed by atoms with Crippen LogP contribution in [0.1, 0.15) is 113 Å². The highest BCUT2D eigenvalue weighted by molar-refractivity contribution is 5.66. The first-order valence-corrected chi connectivity index (χ1v) is 18.2. The second-order valence-corrected chi connectivity index (χ2v) is 18.8. The van der Waals surface area contributed by atoms with Crippen molar-refractivity contribution in [3.05, 3.63) is 0 Å². The number of rotatable bonds is 5. The van der Waals surface area contributed by atoms with Gasteiger partial charge in [0.1, 0.15) is 12.2 Å². The zero-order valence-electron chi connectivity index (χ0n) is 29.7. The molecule has 2 spiro atoms. The van der Waals surface area contributed by atoms with E-state index in [1.54, 1.807) is 0 Å². The maximum atomic E-state index is 12.2. The van der Waals surface area contributed by atoms with Gasteiger partial charge in [-0.15, -0.1) is 0 Å². The Morgan fingerprint density at radius 2 is 1.55 bits per heavy atom. The van der Waals surface area contributed by atoms with E-state index in [9.17, 15) is 30.3 Å². The molecule has 0 aromatic carbocycles. The molecule has 0 radical (unpaired) electrons. The summed E-state index contributed by atoms with van der Waals surface area (Å²) in [4.78, 5) is 11.9. The number of hydrogen-bond acceptors (Lipinski definition) is 10. The number of ether oxygens (including phenoxy) is 4. The highest BCUT2D eigenvalue weighted by atomic mass is 16.7. The Bertz CT molecular complexity index is 1270.